The molecule has 13 aromatic rings. The van der Waals surface area contributed by atoms with Gasteiger partial charge in [-0.15, -0.1) is 0 Å². The van der Waals surface area contributed by atoms with E-state index in [1.54, 1.807) is 0 Å². The molecular formula is C67H46N2. The van der Waals surface area contributed by atoms with Gasteiger partial charge in [-0.3, -0.25) is 0 Å². The van der Waals surface area contributed by atoms with E-state index in [2.05, 4.69) is 266 Å². The first-order chi connectivity index (χ1) is 34.0. The highest BCUT2D eigenvalue weighted by Crippen LogP contribution is 2.50. The van der Waals surface area contributed by atoms with Crippen LogP contribution >= 0.6 is 0 Å². The Bertz CT molecular complexity index is 4180. The zero-order valence-electron chi connectivity index (χ0n) is 38.5. The molecule has 0 saturated heterocycles. The number of hydrogen-bond acceptors (Lipinski definition) is 0. The molecule has 0 radical (unpaired) electrons. The molecule has 0 bridgehead atoms. The topological polar surface area (TPSA) is 9.86 Å². The van der Waals surface area contributed by atoms with E-state index in [4.69, 9.17) is 0 Å². The summed E-state index contributed by atoms with van der Waals surface area (Å²) in [5.74, 6) is 0. The Kier molecular flexibility index (Phi) is 8.66. The van der Waals surface area contributed by atoms with Gasteiger partial charge in [-0.2, -0.15) is 0 Å². The summed E-state index contributed by atoms with van der Waals surface area (Å²) in [7, 11) is 0. The van der Waals surface area contributed by atoms with Crippen molar-refractivity contribution in [2.75, 3.05) is 0 Å². The largest absolute Gasteiger partial charge is 0.309 e. The van der Waals surface area contributed by atoms with Crippen LogP contribution < -0.4 is 0 Å². The Morgan fingerprint density at radius 2 is 0.696 bits per heavy atom. The van der Waals surface area contributed by atoms with Crippen LogP contribution in [0.1, 0.15) is 25.0 Å². The summed E-state index contributed by atoms with van der Waals surface area (Å²) >= 11 is 0. The Morgan fingerprint density at radius 3 is 1.36 bits per heavy atom. The van der Waals surface area contributed by atoms with Crippen LogP contribution in [0, 0.1) is 0 Å². The predicted molar refractivity (Wildman–Crippen MR) is 292 cm³/mol. The average molecular weight is 879 g/mol. The fourth-order valence-electron chi connectivity index (χ4n) is 11.7. The maximum Gasteiger partial charge on any atom is 0.0541 e. The van der Waals surface area contributed by atoms with Crippen LogP contribution in [0.25, 0.3) is 121 Å². The summed E-state index contributed by atoms with van der Waals surface area (Å²) in [5, 5.41) is 7.48. The number of fused-ring (bicyclic) bond motifs is 10. The molecule has 2 nitrogen and oxygen atoms in total. The standard InChI is InChI=1S/C67H46N2/c1-67(2)61-21-10-8-18-55(61)56-35-27-50(42-62(56)67)49-30-38-66-60(41-49)59-40-48(29-37-65(59)69(66)52-33-25-46(26-34-52)54-20-12-16-45-15-6-7-17-53(45)54)47-28-36-64-58(39-47)57-19-9-11-22-63(57)68(64)51-31-23-44(24-32-51)43-13-4-3-5-14-43/h3-42H,1-2H3. The lowest BCUT2D eigenvalue weighted by molar-refractivity contribution is 0.660. The van der Waals surface area contributed by atoms with Gasteiger partial charge in [0, 0.05) is 38.3 Å². The molecule has 0 fully saturated rings. The molecule has 1 aliphatic rings. The summed E-state index contributed by atoms with van der Waals surface area (Å²) in [5.41, 5.74) is 22.2. The van der Waals surface area contributed by atoms with Crippen molar-refractivity contribution in [2.45, 2.75) is 19.3 Å². The van der Waals surface area contributed by atoms with Crippen LogP contribution in [-0.2, 0) is 5.41 Å². The van der Waals surface area contributed by atoms with Crippen LogP contribution in [0.2, 0.25) is 0 Å². The molecule has 0 unspecified atom stereocenters. The molecule has 0 N–H and O–H groups in total. The van der Waals surface area contributed by atoms with E-state index < -0.39 is 0 Å². The molecule has 0 atom stereocenters. The molecule has 2 heteroatoms. The van der Waals surface area contributed by atoms with Crippen molar-refractivity contribution >= 4 is 54.4 Å². The van der Waals surface area contributed by atoms with Crippen LogP contribution in [0.4, 0.5) is 0 Å². The van der Waals surface area contributed by atoms with E-state index in [1.807, 2.05) is 0 Å². The van der Waals surface area contributed by atoms with E-state index in [1.165, 1.54) is 121 Å². The van der Waals surface area contributed by atoms with Crippen molar-refractivity contribution in [3.8, 4) is 67.0 Å². The number of aromatic nitrogens is 2. The molecule has 69 heavy (non-hydrogen) atoms. The third-order valence-corrected chi connectivity index (χ3v) is 15.1. The summed E-state index contributed by atoms with van der Waals surface area (Å²) in [6, 6.07) is 90.0. The maximum atomic E-state index is 2.45. The SMILES string of the molecule is CC1(C)c2ccccc2-c2ccc(-c3ccc4c(c3)c3cc(-c5ccc6c(c5)c5ccccc5n6-c5ccc(-c6ccccc6)cc5)ccc3n4-c3ccc(-c4cccc5ccccc45)cc3)cc21. The van der Waals surface area contributed by atoms with Crippen LogP contribution in [0.5, 0.6) is 0 Å². The second-order valence-electron chi connectivity index (χ2n) is 19.3. The predicted octanol–water partition coefficient (Wildman–Crippen LogP) is 18.0. The minimum absolute atomic E-state index is 0.0738. The van der Waals surface area contributed by atoms with E-state index in [0.717, 1.165) is 11.4 Å². The van der Waals surface area contributed by atoms with Crippen molar-refractivity contribution in [1.29, 1.82) is 0 Å². The lowest BCUT2D eigenvalue weighted by Crippen LogP contribution is -2.14. The molecule has 0 spiro atoms. The smallest absolute Gasteiger partial charge is 0.0541 e. The zero-order chi connectivity index (χ0) is 45.8. The fourth-order valence-corrected chi connectivity index (χ4v) is 11.7. The first-order valence-electron chi connectivity index (χ1n) is 24.1. The molecule has 0 amide bonds. The van der Waals surface area contributed by atoms with Gasteiger partial charge < -0.3 is 9.13 Å². The van der Waals surface area contributed by atoms with Gasteiger partial charge in [0.1, 0.15) is 0 Å². The van der Waals surface area contributed by atoms with Crippen LogP contribution in [-0.4, -0.2) is 9.13 Å². The Balaban J connectivity index is 0.918. The number of para-hydroxylation sites is 1. The van der Waals surface area contributed by atoms with Gasteiger partial charge >= 0.3 is 0 Å². The minimum atomic E-state index is -0.0738. The zero-order valence-corrected chi connectivity index (χ0v) is 38.5. The summed E-state index contributed by atoms with van der Waals surface area (Å²) in [6.07, 6.45) is 0. The van der Waals surface area contributed by atoms with Crippen molar-refractivity contribution in [3.05, 3.63) is 254 Å². The first-order valence-corrected chi connectivity index (χ1v) is 24.1. The van der Waals surface area contributed by atoms with Crippen molar-refractivity contribution < 1.29 is 0 Å². The van der Waals surface area contributed by atoms with Crippen molar-refractivity contribution in [1.82, 2.24) is 9.13 Å². The highest BCUT2D eigenvalue weighted by Gasteiger charge is 2.35. The Morgan fingerprint density at radius 1 is 0.261 bits per heavy atom. The summed E-state index contributed by atoms with van der Waals surface area (Å²) in [6.45, 7) is 4.73. The molecular weight excluding hydrogens is 833 g/mol. The lowest BCUT2D eigenvalue weighted by atomic mass is 9.81. The van der Waals surface area contributed by atoms with Gasteiger partial charge in [0.2, 0.25) is 0 Å². The third-order valence-electron chi connectivity index (χ3n) is 15.1. The van der Waals surface area contributed by atoms with Gasteiger partial charge in [0.15, 0.2) is 0 Å². The molecule has 0 saturated carbocycles. The van der Waals surface area contributed by atoms with Gasteiger partial charge in [0.05, 0.1) is 22.1 Å². The number of benzene rings is 11. The summed E-state index contributed by atoms with van der Waals surface area (Å²) < 4.78 is 4.86. The minimum Gasteiger partial charge on any atom is -0.309 e. The van der Waals surface area contributed by atoms with Gasteiger partial charge in [-0.1, -0.05) is 184 Å². The normalized spacial score (nSPS) is 12.9. The molecule has 0 aliphatic heterocycles. The Labute approximate surface area is 401 Å². The monoisotopic (exact) mass is 878 g/mol. The van der Waals surface area contributed by atoms with E-state index >= 15 is 0 Å². The molecule has 2 heterocycles. The van der Waals surface area contributed by atoms with E-state index in [9.17, 15) is 0 Å². The number of nitrogens with zero attached hydrogens (tertiary/aromatic N) is 2. The molecule has 11 aromatic carbocycles. The third kappa shape index (κ3) is 6.12. The molecule has 2 aromatic heterocycles. The Hall–Kier alpha value is -8.72. The van der Waals surface area contributed by atoms with Gasteiger partial charge in [-0.25, -0.2) is 0 Å². The fraction of sp³-hybridized carbons (Fsp3) is 0.0448. The molecule has 1 aliphatic carbocycles. The highest BCUT2D eigenvalue weighted by molar-refractivity contribution is 6.13. The van der Waals surface area contributed by atoms with Crippen LogP contribution in [0.3, 0.4) is 0 Å². The number of rotatable bonds is 6. The van der Waals surface area contributed by atoms with Crippen molar-refractivity contribution in [2.24, 2.45) is 0 Å². The maximum absolute atomic E-state index is 2.45. The van der Waals surface area contributed by atoms with Gasteiger partial charge in [-0.05, 0) is 150 Å². The van der Waals surface area contributed by atoms with E-state index in [0.29, 0.717) is 0 Å². The van der Waals surface area contributed by atoms with Gasteiger partial charge in [0.25, 0.3) is 0 Å². The quantitative estimate of drug-likeness (QED) is 0.157. The lowest BCUT2D eigenvalue weighted by Gasteiger charge is -2.22. The van der Waals surface area contributed by atoms with E-state index in [-0.39, 0.29) is 5.41 Å². The first kappa shape index (κ1) is 39.4. The average Bonchev–Trinajstić information content (AvgIpc) is 4.00. The second-order valence-corrected chi connectivity index (χ2v) is 19.3. The highest BCUT2D eigenvalue weighted by atomic mass is 15.0. The second kappa shape index (κ2) is 15.2. The summed E-state index contributed by atoms with van der Waals surface area (Å²) in [4.78, 5) is 0. The number of hydrogen-bond donors (Lipinski definition) is 0. The molecule has 324 valence electrons. The van der Waals surface area contributed by atoms with Crippen LogP contribution in [0.15, 0.2) is 243 Å². The van der Waals surface area contributed by atoms with Crippen molar-refractivity contribution in [3.63, 3.8) is 0 Å². The molecule has 14 rings (SSSR count).